The predicted octanol–water partition coefficient (Wildman–Crippen LogP) is 2.05. The number of nitrogens with two attached hydrogens (primary N) is 1. The van der Waals surface area contributed by atoms with Gasteiger partial charge in [-0.2, -0.15) is 0 Å². The van der Waals surface area contributed by atoms with Gasteiger partial charge in [0.25, 0.3) is 0 Å². The Labute approximate surface area is 84.4 Å². The molecule has 0 bridgehead atoms. The number of hydroxylamine groups is 2. The van der Waals surface area contributed by atoms with Gasteiger partial charge in [-0.05, 0) is 25.0 Å². The zero-order valence-corrected chi connectivity index (χ0v) is 8.28. The van der Waals surface area contributed by atoms with Crippen LogP contribution in [0.5, 0.6) is 5.75 Å². The van der Waals surface area contributed by atoms with E-state index in [2.05, 4.69) is 0 Å². The van der Waals surface area contributed by atoms with E-state index < -0.39 is 0 Å². The topological polar surface area (TPSA) is 38.5 Å². The first kappa shape index (κ1) is 9.34. The summed E-state index contributed by atoms with van der Waals surface area (Å²) in [4.78, 5) is 5.69. The van der Waals surface area contributed by atoms with Crippen molar-refractivity contribution < 1.29 is 4.84 Å². The van der Waals surface area contributed by atoms with Crippen molar-refractivity contribution in [2.75, 3.05) is 18.8 Å². The van der Waals surface area contributed by atoms with Gasteiger partial charge in [0.15, 0.2) is 5.75 Å². The zero-order chi connectivity index (χ0) is 9.80. The molecular formula is C11H16N2O. The quantitative estimate of drug-likeness (QED) is 0.729. The van der Waals surface area contributed by atoms with Crippen LogP contribution in [0.1, 0.15) is 19.3 Å². The lowest BCUT2D eigenvalue weighted by atomic mass is 10.2. The molecule has 1 aromatic rings. The summed E-state index contributed by atoms with van der Waals surface area (Å²) in [6.07, 6.45) is 3.74. The van der Waals surface area contributed by atoms with Gasteiger partial charge >= 0.3 is 0 Å². The van der Waals surface area contributed by atoms with Crippen molar-refractivity contribution in [2.24, 2.45) is 0 Å². The highest BCUT2D eigenvalue weighted by molar-refractivity contribution is 5.51. The molecule has 0 saturated carbocycles. The number of para-hydroxylation sites is 2. The second kappa shape index (κ2) is 4.33. The molecule has 0 aliphatic carbocycles. The Bertz CT molecular complexity index is 295. The number of hydrogen-bond donors (Lipinski definition) is 1. The van der Waals surface area contributed by atoms with Crippen LogP contribution < -0.4 is 10.6 Å². The first-order chi connectivity index (χ1) is 6.86. The summed E-state index contributed by atoms with van der Waals surface area (Å²) < 4.78 is 0. The molecule has 3 nitrogen and oxygen atoms in total. The maximum absolute atomic E-state index is 5.79. The Morgan fingerprint density at radius 2 is 1.79 bits per heavy atom. The number of nitrogen functional groups attached to an aromatic ring is 1. The fourth-order valence-corrected chi connectivity index (χ4v) is 1.66. The molecule has 1 heterocycles. The van der Waals surface area contributed by atoms with Crippen LogP contribution in [-0.2, 0) is 0 Å². The normalized spacial score (nSPS) is 18.0. The van der Waals surface area contributed by atoms with E-state index in [1.807, 2.05) is 29.3 Å². The van der Waals surface area contributed by atoms with Crippen LogP contribution in [0.3, 0.4) is 0 Å². The van der Waals surface area contributed by atoms with E-state index in [1.54, 1.807) is 0 Å². The first-order valence-corrected chi connectivity index (χ1v) is 5.14. The number of anilines is 1. The molecule has 0 unspecified atom stereocenters. The fourth-order valence-electron chi connectivity index (χ4n) is 1.66. The van der Waals surface area contributed by atoms with Gasteiger partial charge in [-0.1, -0.05) is 18.6 Å². The van der Waals surface area contributed by atoms with Gasteiger partial charge < -0.3 is 10.6 Å². The standard InChI is InChI=1S/C11H16N2O/c12-10-6-2-3-7-11(10)14-13-8-4-1-5-9-13/h2-3,6-7H,1,4-5,8-9,12H2. The van der Waals surface area contributed by atoms with Crippen molar-refractivity contribution in [2.45, 2.75) is 19.3 Å². The number of benzene rings is 1. The minimum atomic E-state index is 0.707. The average Bonchev–Trinajstić information content (AvgIpc) is 2.23. The van der Waals surface area contributed by atoms with Crippen LogP contribution in [0.25, 0.3) is 0 Å². The molecule has 0 radical (unpaired) electrons. The van der Waals surface area contributed by atoms with Gasteiger partial charge in [0.1, 0.15) is 0 Å². The fraction of sp³-hybridized carbons (Fsp3) is 0.455. The molecule has 0 aromatic heterocycles. The van der Waals surface area contributed by atoms with Gasteiger partial charge in [-0.15, -0.1) is 5.06 Å². The van der Waals surface area contributed by atoms with Crippen molar-refractivity contribution in [3.8, 4) is 5.75 Å². The number of piperidine rings is 1. The highest BCUT2D eigenvalue weighted by Crippen LogP contribution is 2.22. The maximum Gasteiger partial charge on any atom is 0.170 e. The number of hydrogen-bond acceptors (Lipinski definition) is 3. The third-order valence-electron chi connectivity index (χ3n) is 2.46. The molecule has 1 aromatic carbocycles. The van der Waals surface area contributed by atoms with E-state index in [9.17, 15) is 0 Å². The lowest BCUT2D eigenvalue weighted by Gasteiger charge is -2.26. The van der Waals surface area contributed by atoms with Crippen molar-refractivity contribution in [1.82, 2.24) is 5.06 Å². The molecule has 1 fully saturated rings. The Morgan fingerprint density at radius 1 is 1.07 bits per heavy atom. The van der Waals surface area contributed by atoms with Crippen LogP contribution >= 0.6 is 0 Å². The predicted molar refractivity (Wildman–Crippen MR) is 56.9 cm³/mol. The summed E-state index contributed by atoms with van der Waals surface area (Å²) in [7, 11) is 0. The minimum Gasteiger partial charge on any atom is -0.404 e. The van der Waals surface area contributed by atoms with Gasteiger partial charge in [0.05, 0.1) is 5.69 Å². The van der Waals surface area contributed by atoms with E-state index in [1.165, 1.54) is 19.3 Å². The van der Waals surface area contributed by atoms with Crippen molar-refractivity contribution in [1.29, 1.82) is 0 Å². The first-order valence-electron chi connectivity index (χ1n) is 5.14. The Hall–Kier alpha value is -1.22. The summed E-state index contributed by atoms with van der Waals surface area (Å²) >= 11 is 0. The molecule has 2 rings (SSSR count). The Balaban J connectivity index is 1.99. The van der Waals surface area contributed by atoms with Gasteiger partial charge in [-0.25, -0.2) is 0 Å². The summed E-state index contributed by atoms with van der Waals surface area (Å²) in [6.45, 7) is 2.02. The molecule has 0 amide bonds. The molecule has 1 aliphatic heterocycles. The lowest BCUT2D eigenvalue weighted by molar-refractivity contribution is -0.0713. The molecular weight excluding hydrogens is 176 g/mol. The van der Waals surface area contributed by atoms with E-state index in [4.69, 9.17) is 10.6 Å². The van der Waals surface area contributed by atoms with Gasteiger partial charge in [-0.3, -0.25) is 0 Å². The molecule has 0 spiro atoms. The average molecular weight is 192 g/mol. The van der Waals surface area contributed by atoms with Crippen LogP contribution in [-0.4, -0.2) is 18.2 Å². The summed E-state index contributed by atoms with van der Waals surface area (Å²) in [6, 6.07) is 7.62. The van der Waals surface area contributed by atoms with Crippen LogP contribution in [0.15, 0.2) is 24.3 Å². The van der Waals surface area contributed by atoms with E-state index in [0.717, 1.165) is 18.8 Å². The minimum absolute atomic E-state index is 0.707. The SMILES string of the molecule is Nc1ccccc1ON1CCCCC1. The second-order valence-electron chi connectivity index (χ2n) is 3.62. The molecule has 1 saturated heterocycles. The second-order valence-corrected chi connectivity index (χ2v) is 3.62. The molecule has 14 heavy (non-hydrogen) atoms. The largest absolute Gasteiger partial charge is 0.404 e. The Kier molecular flexibility index (Phi) is 2.89. The molecule has 2 N–H and O–H groups in total. The summed E-state index contributed by atoms with van der Waals surface area (Å²) in [5.41, 5.74) is 6.49. The van der Waals surface area contributed by atoms with Crippen LogP contribution in [0.4, 0.5) is 5.69 Å². The van der Waals surface area contributed by atoms with Crippen molar-refractivity contribution in [3.63, 3.8) is 0 Å². The molecule has 3 heteroatoms. The summed E-state index contributed by atoms with van der Waals surface area (Å²) in [5, 5.41) is 2.00. The van der Waals surface area contributed by atoms with E-state index >= 15 is 0 Å². The lowest BCUT2D eigenvalue weighted by Crippen LogP contribution is -2.33. The van der Waals surface area contributed by atoms with Gasteiger partial charge in [0.2, 0.25) is 0 Å². The highest BCUT2D eigenvalue weighted by Gasteiger charge is 2.12. The van der Waals surface area contributed by atoms with Crippen molar-refractivity contribution in [3.05, 3.63) is 24.3 Å². The van der Waals surface area contributed by atoms with E-state index in [0.29, 0.717) is 5.69 Å². The van der Waals surface area contributed by atoms with Gasteiger partial charge in [0, 0.05) is 13.1 Å². The molecule has 1 aliphatic rings. The third-order valence-corrected chi connectivity index (χ3v) is 2.46. The van der Waals surface area contributed by atoms with Crippen molar-refractivity contribution >= 4 is 5.69 Å². The van der Waals surface area contributed by atoms with E-state index in [-0.39, 0.29) is 0 Å². The highest BCUT2D eigenvalue weighted by atomic mass is 16.7. The summed E-state index contributed by atoms with van der Waals surface area (Å²) in [5.74, 6) is 0.773. The third kappa shape index (κ3) is 2.17. The monoisotopic (exact) mass is 192 g/mol. The molecule has 76 valence electrons. The number of nitrogens with zero attached hydrogens (tertiary/aromatic N) is 1. The number of rotatable bonds is 2. The van der Waals surface area contributed by atoms with Crippen LogP contribution in [0.2, 0.25) is 0 Å². The smallest absolute Gasteiger partial charge is 0.170 e. The van der Waals surface area contributed by atoms with Crippen LogP contribution in [0, 0.1) is 0 Å². The molecule has 0 atom stereocenters. The Morgan fingerprint density at radius 3 is 2.50 bits per heavy atom. The zero-order valence-electron chi connectivity index (χ0n) is 8.28. The maximum atomic E-state index is 5.79.